The van der Waals surface area contributed by atoms with Gasteiger partial charge in [-0.2, -0.15) is 0 Å². The SMILES string of the molecule is Oc1ccc(/C=C/c2ccc(NCC(O)C(O)CF)cc2)cn1. The number of aliphatic hydroxyl groups is 2. The number of nitrogens with zero attached hydrogens (tertiary/aromatic N) is 1. The van der Waals surface area contributed by atoms with Crippen LogP contribution in [0.1, 0.15) is 11.1 Å². The van der Waals surface area contributed by atoms with Crippen LogP contribution in [0.25, 0.3) is 12.2 Å². The highest BCUT2D eigenvalue weighted by molar-refractivity contribution is 5.70. The summed E-state index contributed by atoms with van der Waals surface area (Å²) in [6, 6.07) is 10.7. The molecule has 122 valence electrons. The zero-order valence-electron chi connectivity index (χ0n) is 12.4. The molecule has 0 radical (unpaired) electrons. The smallest absolute Gasteiger partial charge is 0.210 e. The first kappa shape index (κ1) is 16.9. The Morgan fingerprint density at radius 2 is 1.65 bits per heavy atom. The van der Waals surface area contributed by atoms with Gasteiger partial charge >= 0.3 is 0 Å². The van der Waals surface area contributed by atoms with Gasteiger partial charge in [0.15, 0.2) is 0 Å². The lowest BCUT2D eigenvalue weighted by Crippen LogP contribution is -2.34. The molecule has 0 saturated carbocycles. The minimum atomic E-state index is -1.37. The minimum absolute atomic E-state index is 0.0161. The first-order valence-corrected chi connectivity index (χ1v) is 7.17. The van der Waals surface area contributed by atoms with Gasteiger partial charge < -0.3 is 20.6 Å². The summed E-state index contributed by atoms with van der Waals surface area (Å²) in [7, 11) is 0. The molecule has 4 N–H and O–H groups in total. The number of aromatic hydroxyl groups is 1. The number of hydrogen-bond donors (Lipinski definition) is 4. The van der Waals surface area contributed by atoms with Gasteiger partial charge in [-0.25, -0.2) is 9.37 Å². The molecule has 6 heteroatoms. The molecule has 0 amide bonds. The third-order valence-corrected chi connectivity index (χ3v) is 3.27. The van der Waals surface area contributed by atoms with Gasteiger partial charge in [-0.3, -0.25) is 0 Å². The van der Waals surface area contributed by atoms with Crippen LogP contribution in [0.2, 0.25) is 0 Å². The predicted molar refractivity (Wildman–Crippen MR) is 87.8 cm³/mol. The van der Waals surface area contributed by atoms with E-state index in [4.69, 9.17) is 10.2 Å². The number of anilines is 1. The molecule has 2 unspecified atom stereocenters. The van der Waals surface area contributed by atoms with Crippen LogP contribution < -0.4 is 5.32 Å². The molecule has 0 bridgehead atoms. The number of hydrogen-bond acceptors (Lipinski definition) is 5. The maximum atomic E-state index is 12.2. The fourth-order valence-corrected chi connectivity index (χ4v) is 1.86. The average Bonchev–Trinajstić information content (AvgIpc) is 2.59. The zero-order chi connectivity index (χ0) is 16.7. The fraction of sp³-hybridized carbons (Fsp3) is 0.235. The Morgan fingerprint density at radius 3 is 2.26 bits per heavy atom. The van der Waals surface area contributed by atoms with Gasteiger partial charge in [0.2, 0.25) is 5.88 Å². The van der Waals surface area contributed by atoms with E-state index in [2.05, 4.69) is 10.3 Å². The topological polar surface area (TPSA) is 85.6 Å². The molecule has 1 aromatic heterocycles. The number of alkyl halides is 1. The highest BCUT2D eigenvalue weighted by atomic mass is 19.1. The molecule has 0 fully saturated rings. The number of pyridine rings is 1. The van der Waals surface area contributed by atoms with Crippen molar-refractivity contribution in [1.82, 2.24) is 4.98 Å². The Kier molecular flexibility index (Phi) is 6.08. The summed E-state index contributed by atoms with van der Waals surface area (Å²) in [6.45, 7) is -0.905. The Balaban J connectivity index is 1.90. The van der Waals surface area contributed by atoms with Crippen molar-refractivity contribution in [3.63, 3.8) is 0 Å². The van der Waals surface area contributed by atoms with E-state index in [9.17, 15) is 9.50 Å². The molecule has 23 heavy (non-hydrogen) atoms. The summed E-state index contributed by atoms with van der Waals surface area (Å²) in [5.74, 6) is -0.0161. The van der Waals surface area contributed by atoms with Crippen LogP contribution in [0.4, 0.5) is 10.1 Å². The largest absolute Gasteiger partial charge is 0.493 e. The van der Waals surface area contributed by atoms with Crippen LogP contribution in [0, 0.1) is 0 Å². The van der Waals surface area contributed by atoms with Crippen molar-refractivity contribution in [1.29, 1.82) is 0 Å². The first-order valence-electron chi connectivity index (χ1n) is 7.17. The molecule has 0 aliphatic carbocycles. The average molecular weight is 318 g/mol. The number of aromatic nitrogens is 1. The van der Waals surface area contributed by atoms with Crippen molar-refractivity contribution in [2.24, 2.45) is 0 Å². The molecule has 0 saturated heterocycles. The van der Waals surface area contributed by atoms with Crippen molar-refractivity contribution in [2.45, 2.75) is 12.2 Å². The van der Waals surface area contributed by atoms with Gasteiger partial charge in [0.25, 0.3) is 0 Å². The summed E-state index contributed by atoms with van der Waals surface area (Å²) in [5, 5.41) is 30.7. The molecule has 0 spiro atoms. The molecule has 0 aliphatic heterocycles. The number of aliphatic hydroxyl groups excluding tert-OH is 2. The van der Waals surface area contributed by atoms with Crippen LogP contribution in [-0.2, 0) is 0 Å². The second-order valence-electron chi connectivity index (χ2n) is 5.07. The monoisotopic (exact) mass is 318 g/mol. The highest BCUT2D eigenvalue weighted by Crippen LogP contribution is 2.13. The number of nitrogens with one attached hydrogen (secondary N) is 1. The molecule has 5 nitrogen and oxygen atoms in total. The van der Waals surface area contributed by atoms with E-state index >= 15 is 0 Å². The summed E-state index contributed by atoms with van der Waals surface area (Å²) >= 11 is 0. The van der Waals surface area contributed by atoms with Crippen LogP contribution in [-0.4, -0.2) is 45.7 Å². The Hall–Kier alpha value is -2.44. The van der Waals surface area contributed by atoms with E-state index in [-0.39, 0.29) is 12.4 Å². The molecule has 2 atom stereocenters. The second kappa shape index (κ2) is 8.26. The Morgan fingerprint density at radius 1 is 1.00 bits per heavy atom. The van der Waals surface area contributed by atoms with E-state index in [0.717, 1.165) is 16.8 Å². The molecule has 1 aromatic carbocycles. The first-order chi connectivity index (χ1) is 11.1. The van der Waals surface area contributed by atoms with Gasteiger partial charge in [0.05, 0.1) is 6.10 Å². The van der Waals surface area contributed by atoms with Crippen LogP contribution >= 0.6 is 0 Å². The summed E-state index contributed by atoms with van der Waals surface area (Å²) in [5.41, 5.74) is 2.60. The second-order valence-corrected chi connectivity index (χ2v) is 5.07. The van der Waals surface area contributed by atoms with Gasteiger partial charge in [-0.1, -0.05) is 24.3 Å². The van der Waals surface area contributed by atoms with Gasteiger partial charge in [0.1, 0.15) is 12.8 Å². The number of benzene rings is 1. The normalized spacial score (nSPS) is 13.9. The third-order valence-electron chi connectivity index (χ3n) is 3.27. The highest BCUT2D eigenvalue weighted by Gasteiger charge is 2.15. The van der Waals surface area contributed by atoms with Crippen molar-refractivity contribution in [2.75, 3.05) is 18.5 Å². The maximum Gasteiger partial charge on any atom is 0.210 e. The van der Waals surface area contributed by atoms with E-state index in [0.29, 0.717) is 0 Å². The lowest BCUT2D eigenvalue weighted by atomic mass is 10.1. The van der Waals surface area contributed by atoms with Crippen molar-refractivity contribution >= 4 is 17.8 Å². The van der Waals surface area contributed by atoms with E-state index in [1.165, 1.54) is 6.07 Å². The van der Waals surface area contributed by atoms with E-state index in [1.54, 1.807) is 12.3 Å². The molecule has 0 aliphatic rings. The van der Waals surface area contributed by atoms with Crippen molar-refractivity contribution < 1.29 is 19.7 Å². The van der Waals surface area contributed by atoms with Gasteiger partial charge in [-0.15, -0.1) is 0 Å². The summed E-state index contributed by atoms with van der Waals surface area (Å²) in [4.78, 5) is 3.79. The summed E-state index contributed by atoms with van der Waals surface area (Å²) in [6.07, 6.45) is 2.82. The quantitative estimate of drug-likeness (QED) is 0.628. The van der Waals surface area contributed by atoms with Gasteiger partial charge in [0, 0.05) is 24.5 Å². The molecule has 2 rings (SSSR count). The molecule has 2 aromatic rings. The standard InChI is InChI=1S/C17H19FN2O3/c18-9-15(21)16(22)11-19-14-6-3-12(4-7-14)1-2-13-5-8-17(23)20-10-13/h1-8,10,15-16,19,21-22H,9,11H2,(H,20,23)/b2-1+. The number of rotatable bonds is 7. The van der Waals surface area contributed by atoms with Crippen molar-refractivity contribution in [3.05, 3.63) is 53.7 Å². The third kappa shape index (κ3) is 5.36. The molecular formula is C17H19FN2O3. The summed E-state index contributed by atoms with van der Waals surface area (Å²) < 4.78 is 12.2. The molecular weight excluding hydrogens is 299 g/mol. The lowest BCUT2D eigenvalue weighted by Gasteiger charge is -2.16. The predicted octanol–water partition coefficient (Wildman–Crippen LogP) is 2.06. The molecule has 1 heterocycles. The van der Waals surface area contributed by atoms with Crippen LogP contribution in [0.15, 0.2) is 42.6 Å². The Labute approximate surface area is 133 Å². The van der Waals surface area contributed by atoms with Crippen molar-refractivity contribution in [3.8, 4) is 5.88 Å². The Bertz CT molecular complexity index is 629. The maximum absolute atomic E-state index is 12.2. The van der Waals surface area contributed by atoms with E-state index < -0.39 is 18.9 Å². The minimum Gasteiger partial charge on any atom is -0.493 e. The zero-order valence-corrected chi connectivity index (χ0v) is 12.4. The lowest BCUT2D eigenvalue weighted by molar-refractivity contribution is 0.0130. The van der Waals surface area contributed by atoms with Crippen LogP contribution in [0.5, 0.6) is 5.88 Å². The number of halogens is 1. The van der Waals surface area contributed by atoms with Gasteiger partial charge in [-0.05, 0) is 29.3 Å². The van der Waals surface area contributed by atoms with E-state index in [1.807, 2.05) is 36.4 Å². The fourth-order valence-electron chi connectivity index (χ4n) is 1.86. The van der Waals surface area contributed by atoms with Crippen LogP contribution in [0.3, 0.4) is 0 Å².